The number of esters is 1. The fraction of sp³-hybridized carbons (Fsp3) is 0.526. The highest BCUT2D eigenvalue weighted by Gasteiger charge is 2.40. The molecule has 6 nitrogen and oxygen atoms in total. The van der Waals surface area contributed by atoms with Crippen LogP contribution in [0, 0.1) is 0 Å². The monoisotopic (exact) mass is 382 g/mol. The maximum Gasteiger partial charge on any atom is 0.347 e. The summed E-state index contributed by atoms with van der Waals surface area (Å²) in [5, 5.41) is 6.98. The molecule has 1 aromatic rings. The molecular formula is C19H27ClN2O4. The molecule has 144 valence electrons. The highest BCUT2D eigenvalue weighted by atomic mass is 35.5. The van der Waals surface area contributed by atoms with Crippen LogP contribution in [0.25, 0.3) is 0 Å². The Morgan fingerprint density at radius 1 is 1.27 bits per heavy atom. The quantitative estimate of drug-likeness (QED) is 0.478. The minimum atomic E-state index is -0.959. The second-order valence-corrected chi connectivity index (χ2v) is 6.25. The van der Waals surface area contributed by atoms with Gasteiger partial charge in [0.2, 0.25) is 0 Å². The predicted molar refractivity (Wildman–Crippen MR) is 101 cm³/mol. The lowest BCUT2D eigenvalue weighted by molar-refractivity contribution is -0.152. The minimum absolute atomic E-state index is 0.326. The third-order valence-corrected chi connectivity index (χ3v) is 4.31. The summed E-state index contributed by atoms with van der Waals surface area (Å²) in [5.74, 6) is -0.327. The molecule has 1 atom stereocenters. The zero-order valence-electron chi connectivity index (χ0n) is 15.5. The van der Waals surface area contributed by atoms with Gasteiger partial charge < -0.3 is 19.5 Å². The van der Waals surface area contributed by atoms with Crippen LogP contribution >= 0.6 is 11.6 Å². The first kappa shape index (κ1) is 20.7. The van der Waals surface area contributed by atoms with Gasteiger partial charge in [0.1, 0.15) is 0 Å². The van der Waals surface area contributed by atoms with Gasteiger partial charge in [-0.1, -0.05) is 23.7 Å². The molecular weight excluding hydrogens is 356 g/mol. The van der Waals surface area contributed by atoms with E-state index in [0.717, 1.165) is 11.1 Å². The second kappa shape index (κ2) is 9.92. The maximum atomic E-state index is 12.4. The Kier molecular flexibility index (Phi) is 7.90. The molecule has 1 aromatic carbocycles. The summed E-state index contributed by atoms with van der Waals surface area (Å²) in [6.07, 6.45) is 3.66. The van der Waals surface area contributed by atoms with E-state index in [4.69, 9.17) is 25.8 Å². The van der Waals surface area contributed by atoms with Gasteiger partial charge >= 0.3 is 5.97 Å². The summed E-state index contributed by atoms with van der Waals surface area (Å²) >= 11 is 6.18. The van der Waals surface area contributed by atoms with Gasteiger partial charge in [-0.15, -0.1) is 0 Å². The smallest absolute Gasteiger partial charge is 0.347 e. The first-order valence-corrected chi connectivity index (χ1v) is 9.30. The number of carbonyl (C=O) groups excluding carboxylic acids is 1. The summed E-state index contributed by atoms with van der Waals surface area (Å²) in [6.45, 7) is 7.41. The fourth-order valence-electron chi connectivity index (χ4n) is 2.81. The molecule has 0 bridgehead atoms. The third-order valence-electron chi connectivity index (χ3n) is 4.07. The number of halogens is 1. The van der Waals surface area contributed by atoms with E-state index in [-0.39, 0.29) is 5.97 Å². The lowest BCUT2D eigenvalue weighted by Gasteiger charge is -2.29. The van der Waals surface area contributed by atoms with Gasteiger partial charge in [-0.3, -0.25) is 5.32 Å². The molecule has 1 aliphatic heterocycles. The highest BCUT2D eigenvalue weighted by Crippen LogP contribution is 2.27. The highest BCUT2D eigenvalue weighted by molar-refractivity contribution is 6.30. The first-order valence-electron chi connectivity index (χ1n) is 8.92. The molecule has 0 fully saturated rings. The maximum absolute atomic E-state index is 12.4. The summed E-state index contributed by atoms with van der Waals surface area (Å²) in [5.41, 5.74) is 0.831. The Morgan fingerprint density at radius 3 is 2.58 bits per heavy atom. The number of carbonyl (C=O) groups is 1. The van der Waals surface area contributed by atoms with Crippen molar-refractivity contribution in [3.8, 4) is 0 Å². The lowest BCUT2D eigenvalue weighted by atomic mass is 10.0. The van der Waals surface area contributed by atoms with E-state index in [1.807, 2.05) is 38.1 Å². The van der Waals surface area contributed by atoms with Crippen molar-refractivity contribution < 1.29 is 19.0 Å². The number of hydrogen-bond donors (Lipinski definition) is 2. The van der Waals surface area contributed by atoms with Crippen LogP contribution in [0.1, 0.15) is 44.6 Å². The summed E-state index contributed by atoms with van der Waals surface area (Å²) in [6, 6.07) is 5.57. The third kappa shape index (κ3) is 4.98. The first-order chi connectivity index (χ1) is 12.6. The molecule has 1 heterocycles. The standard InChI is InChI=1S/C19H27ClN2O4/c1-4-24-17(25-5-2)16-12-15(20)9-8-14(16)13-22-19(10-7-11-21-19)18(23)26-6-3/h7-9,11-12,17,21-22H,4-6,10,13H2,1-3H3. The molecule has 7 heteroatoms. The summed E-state index contributed by atoms with van der Waals surface area (Å²) in [4.78, 5) is 12.4. The van der Waals surface area contributed by atoms with Crippen molar-refractivity contribution >= 4 is 17.6 Å². The lowest BCUT2D eigenvalue weighted by Crippen LogP contribution is -2.59. The second-order valence-electron chi connectivity index (χ2n) is 5.82. The van der Waals surface area contributed by atoms with Crippen molar-refractivity contribution in [2.24, 2.45) is 0 Å². The molecule has 2 N–H and O–H groups in total. The van der Waals surface area contributed by atoms with Crippen molar-refractivity contribution in [2.45, 2.75) is 45.7 Å². The minimum Gasteiger partial charge on any atom is -0.463 e. The number of nitrogens with one attached hydrogen (secondary N) is 2. The van der Waals surface area contributed by atoms with Gasteiger partial charge in [-0.05, 0) is 44.7 Å². The SMILES string of the molecule is CCOC(=O)C1(NCc2ccc(Cl)cc2C(OCC)OCC)CC=CN1. The van der Waals surface area contributed by atoms with Crippen molar-refractivity contribution in [2.75, 3.05) is 19.8 Å². The van der Waals surface area contributed by atoms with E-state index in [0.29, 0.717) is 37.8 Å². The van der Waals surface area contributed by atoms with E-state index < -0.39 is 12.0 Å². The molecule has 0 amide bonds. The Balaban J connectivity index is 2.21. The van der Waals surface area contributed by atoms with Crippen LogP contribution in [0.4, 0.5) is 0 Å². The Morgan fingerprint density at radius 2 is 2.00 bits per heavy atom. The van der Waals surface area contributed by atoms with Gasteiger partial charge in [-0.25, -0.2) is 4.79 Å². The molecule has 1 aliphatic rings. The molecule has 26 heavy (non-hydrogen) atoms. The average molecular weight is 383 g/mol. The Bertz CT molecular complexity index is 622. The molecule has 1 unspecified atom stereocenters. The van der Waals surface area contributed by atoms with E-state index in [9.17, 15) is 4.79 Å². The number of hydrogen-bond acceptors (Lipinski definition) is 6. The van der Waals surface area contributed by atoms with Crippen molar-refractivity contribution in [3.05, 3.63) is 46.6 Å². The molecule has 0 aliphatic carbocycles. The topological polar surface area (TPSA) is 68.8 Å². The molecule has 0 saturated heterocycles. The number of rotatable bonds is 10. The van der Waals surface area contributed by atoms with Crippen LogP contribution in [0.2, 0.25) is 5.02 Å². The molecule has 0 spiro atoms. The zero-order chi connectivity index (χ0) is 19.0. The van der Waals surface area contributed by atoms with Crippen LogP contribution in [0.5, 0.6) is 0 Å². The normalized spacial score (nSPS) is 19.0. The predicted octanol–water partition coefficient (Wildman–Crippen LogP) is 3.27. The van der Waals surface area contributed by atoms with Gasteiger partial charge in [0.15, 0.2) is 12.0 Å². The van der Waals surface area contributed by atoms with Crippen LogP contribution in [0.3, 0.4) is 0 Å². The average Bonchev–Trinajstić information content (AvgIpc) is 3.11. The van der Waals surface area contributed by atoms with E-state index in [1.165, 1.54) is 0 Å². The molecule has 0 saturated carbocycles. The number of benzene rings is 1. The Hall–Kier alpha value is -1.60. The largest absolute Gasteiger partial charge is 0.463 e. The van der Waals surface area contributed by atoms with Crippen LogP contribution < -0.4 is 10.6 Å². The zero-order valence-corrected chi connectivity index (χ0v) is 16.3. The van der Waals surface area contributed by atoms with Crippen molar-refractivity contribution in [3.63, 3.8) is 0 Å². The van der Waals surface area contributed by atoms with Crippen LogP contribution in [-0.4, -0.2) is 31.5 Å². The van der Waals surface area contributed by atoms with Gasteiger partial charge in [0.25, 0.3) is 0 Å². The van der Waals surface area contributed by atoms with Crippen LogP contribution in [-0.2, 0) is 25.5 Å². The van der Waals surface area contributed by atoms with Gasteiger partial charge in [0, 0.05) is 36.8 Å². The van der Waals surface area contributed by atoms with E-state index >= 15 is 0 Å². The van der Waals surface area contributed by atoms with Gasteiger partial charge in [-0.2, -0.15) is 0 Å². The molecule has 2 rings (SSSR count). The Labute approximate surface area is 159 Å². The van der Waals surface area contributed by atoms with Crippen molar-refractivity contribution in [1.29, 1.82) is 0 Å². The summed E-state index contributed by atoms with van der Waals surface area (Å²) in [7, 11) is 0. The summed E-state index contributed by atoms with van der Waals surface area (Å²) < 4.78 is 16.7. The fourth-order valence-corrected chi connectivity index (χ4v) is 2.99. The van der Waals surface area contributed by atoms with E-state index in [1.54, 1.807) is 13.1 Å². The van der Waals surface area contributed by atoms with E-state index in [2.05, 4.69) is 10.6 Å². The molecule has 0 aromatic heterocycles. The van der Waals surface area contributed by atoms with Crippen molar-refractivity contribution in [1.82, 2.24) is 10.6 Å². The number of ether oxygens (including phenoxy) is 3. The van der Waals surface area contributed by atoms with Crippen LogP contribution in [0.15, 0.2) is 30.5 Å². The van der Waals surface area contributed by atoms with Gasteiger partial charge in [0.05, 0.1) is 6.61 Å². The molecule has 0 radical (unpaired) electrons.